The van der Waals surface area contributed by atoms with E-state index < -0.39 is 0 Å². The molecule has 5 atom stereocenters. The van der Waals surface area contributed by atoms with Gasteiger partial charge in [-0.25, -0.2) is 0 Å². The van der Waals surface area contributed by atoms with Crippen LogP contribution in [0.3, 0.4) is 0 Å². The zero-order valence-corrected chi connectivity index (χ0v) is 25.5. The second-order valence-electron chi connectivity index (χ2n) is 12.9. The van der Waals surface area contributed by atoms with Gasteiger partial charge in [0.25, 0.3) is 0 Å². The molecule has 0 bridgehead atoms. The minimum absolute atomic E-state index is 0.330. The Morgan fingerprint density at radius 2 is 1.63 bits per heavy atom. The number of alkyl halides is 2. The lowest BCUT2D eigenvalue weighted by Gasteiger charge is -2.49. The molecule has 2 saturated carbocycles. The van der Waals surface area contributed by atoms with Gasteiger partial charge in [0.1, 0.15) is 0 Å². The summed E-state index contributed by atoms with van der Waals surface area (Å²) >= 11 is 14.7. The Labute approximate surface area is 231 Å². The average Bonchev–Trinajstić information content (AvgIpc) is 2.79. The number of nitrogens with zero attached hydrogens (tertiary/aromatic N) is 1. The van der Waals surface area contributed by atoms with Crippen LogP contribution in [0.4, 0.5) is 0 Å². The van der Waals surface area contributed by atoms with Crippen LogP contribution < -0.4 is 15.4 Å². The Bertz CT molecular complexity index is 600. The van der Waals surface area contributed by atoms with Crippen LogP contribution in [0.2, 0.25) is 0 Å². The third-order valence-electron chi connectivity index (χ3n) is 9.20. The largest absolute Gasteiger partial charge is 0.304 e. The molecule has 3 N–H and O–H groups in total. The molecule has 3 rings (SSSR count). The summed E-state index contributed by atoms with van der Waals surface area (Å²) in [6.45, 7) is 16.4. The summed E-state index contributed by atoms with van der Waals surface area (Å²) < 4.78 is 3.44. The monoisotopic (exact) mass is 548 g/mol. The minimum atomic E-state index is 0.330. The Morgan fingerprint density at radius 1 is 0.943 bits per heavy atom. The van der Waals surface area contributed by atoms with Gasteiger partial charge >= 0.3 is 0 Å². The maximum absolute atomic E-state index is 6.60. The highest BCUT2D eigenvalue weighted by Crippen LogP contribution is 2.45. The van der Waals surface area contributed by atoms with Gasteiger partial charge < -0.3 is 15.5 Å². The van der Waals surface area contributed by atoms with E-state index in [4.69, 9.17) is 23.2 Å². The van der Waals surface area contributed by atoms with Crippen molar-refractivity contribution in [1.82, 2.24) is 20.3 Å². The molecule has 4 nitrogen and oxygen atoms in total. The SMILES string of the molecule is CSNCC1CC(Cl)CC(CNCN[C@@H](CN2CCC(C3CCC(Cl)CC3)C(C)(C)C2)C(C)C)C1. The molecule has 35 heavy (non-hydrogen) atoms. The zero-order valence-electron chi connectivity index (χ0n) is 23.1. The van der Waals surface area contributed by atoms with E-state index in [1.165, 1.54) is 51.6 Å². The van der Waals surface area contributed by atoms with Gasteiger partial charge in [-0.05, 0) is 106 Å². The van der Waals surface area contributed by atoms with Gasteiger partial charge in [-0.1, -0.05) is 39.6 Å². The first kappa shape index (κ1) is 30.3. The maximum atomic E-state index is 6.60. The lowest BCUT2D eigenvalue weighted by Crippen LogP contribution is -2.54. The molecule has 0 aromatic heterocycles. The fourth-order valence-electron chi connectivity index (χ4n) is 7.28. The van der Waals surface area contributed by atoms with Gasteiger partial charge in [0.15, 0.2) is 0 Å². The van der Waals surface area contributed by atoms with Gasteiger partial charge in [-0.2, -0.15) is 0 Å². The van der Waals surface area contributed by atoms with E-state index in [0.29, 0.717) is 40.0 Å². The molecule has 206 valence electrons. The van der Waals surface area contributed by atoms with Crippen molar-refractivity contribution in [3.63, 3.8) is 0 Å². The summed E-state index contributed by atoms with van der Waals surface area (Å²) in [6.07, 6.45) is 12.2. The summed E-state index contributed by atoms with van der Waals surface area (Å²) in [4.78, 5) is 2.74. The van der Waals surface area contributed by atoms with Crippen molar-refractivity contribution in [2.24, 2.45) is 35.0 Å². The van der Waals surface area contributed by atoms with Crippen molar-refractivity contribution in [3.8, 4) is 0 Å². The number of likely N-dealkylation sites (tertiary alicyclic amines) is 1. The third-order valence-corrected chi connectivity index (χ3v) is 10.5. The normalized spacial score (nSPS) is 35.3. The van der Waals surface area contributed by atoms with E-state index in [0.717, 1.165) is 51.0 Å². The van der Waals surface area contributed by atoms with Crippen molar-refractivity contribution in [2.75, 3.05) is 45.6 Å². The molecule has 0 amide bonds. The highest BCUT2D eigenvalue weighted by atomic mass is 35.5. The standard InChI is InChI=1S/C28H54Cl2N4S/c1-20(2)27(32-19-31-15-21-12-22(16-33-35-5)14-25(30)13-21)17-34-11-10-26(28(3,4)18-34)23-6-8-24(29)9-7-23/h20-27,31-33H,6-19H2,1-5H3/t21?,22?,23?,24?,25?,26?,27-/m0/s1. The Balaban J connectivity index is 1.40. The van der Waals surface area contributed by atoms with Crippen molar-refractivity contribution >= 4 is 35.1 Å². The first-order chi connectivity index (χ1) is 16.7. The lowest BCUT2D eigenvalue weighted by atomic mass is 9.64. The predicted molar refractivity (Wildman–Crippen MR) is 157 cm³/mol. The predicted octanol–water partition coefficient (Wildman–Crippen LogP) is 6.18. The Hall–Kier alpha value is 0.770. The van der Waals surface area contributed by atoms with E-state index in [9.17, 15) is 0 Å². The summed E-state index contributed by atoms with van der Waals surface area (Å²) in [5.41, 5.74) is 0.391. The molecule has 3 fully saturated rings. The van der Waals surface area contributed by atoms with Crippen molar-refractivity contribution in [1.29, 1.82) is 0 Å². The van der Waals surface area contributed by atoms with Crippen LogP contribution in [0, 0.1) is 35.0 Å². The van der Waals surface area contributed by atoms with Gasteiger partial charge in [0.05, 0.1) is 0 Å². The highest BCUT2D eigenvalue weighted by molar-refractivity contribution is 7.96. The molecule has 4 unspecified atom stereocenters. The summed E-state index contributed by atoms with van der Waals surface area (Å²) in [5.74, 6) is 3.76. The van der Waals surface area contributed by atoms with Crippen LogP contribution in [0.5, 0.6) is 0 Å². The minimum Gasteiger partial charge on any atom is -0.304 e. The van der Waals surface area contributed by atoms with E-state index >= 15 is 0 Å². The molecular weight excluding hydrogens is 495 g/mol. The summed E-state index contributed by atoms with van der Waals surface area (Å²) in [7, 11) is 0. The van der Waals surface area contributed by atoms with Crippen LogP contribution in [0.1, 0.15) is 79.1 Å². The number of halogens is 2. The second kappa shape index (κ2) is 14.8. The Morgan fingerprint density at radius 3 is 2.26 bits per heavy atom. The van der Waals surface area contributed by atoms with E-state index in [1.807, 2.05) is 0 Å². The van der Waals surface area contributed by atoms with Gasteiger partial charge in [0.2, 0.25) is 0 Å². The average molecular weight is 550 g/mol. The van der Waals surface area contributed by atoms with Crippen LogP contribution in [0.25, 0.3) is 0 Å². The van der Waals surface area contributed by atoms with Crippen LogP contribution in [-0.4, -0.2) is 67.3 Å². The number of rotatable bonds is 12. The molecule has 0 aromatic carbocycles. The molecule has 0 aromatic rings. The number of hydrogen-bond acceptors (Lipinski definition) is 5. The van der Waals surface area contributed by atoms with Gasteiger partial charge in [0, 0.05) is 43.1 Å². The summed E-state index contributed by atoms with van der Waals surface area (Å²) in [6, 6.07) is 0.521. The van der Waals surface area contributed by atoms with Gasteiger partial charge in [-0.15, -0.1) is 23.2 Å². The molecule has 7 heteroatoms. The summed E-state index contributed by atoms with van der Waals surface area (Å²) in [5, 5.41) is 8.33. The molecule has 1 saturated heterocycles. The van der Waals surface area contributed by atoms with E-state index in [2.05, 4.69) is 54.2 Å². The number of hydrogen-bond donors (Lipinski definition) is 3. The molecule has 0 radical (unpaired) electrons. The third kappa shape index (κ3) is 9.79. The van der Waals surface area contributed by atoms with E-state index in [-0.39, 0.29) is 0 Å². The molecular formula is C28H54Cl2N4S. The highest BCUT2D eigenvalue weighted by Gasteiger charge is 2.41. The first-order valence-electron chi connectivity index (χ1n) is 14.4. The van der Waals surface area contributed by atoms with Crippen molar-refractivity contribution in [3.05, 3.63) is 0 Å². The van der Waals surface area contributed by atoms with Crippen LogP contribution >= 0.6 is 35.1 Å². The number of nitrogens with one attached hydrogen (secondary N) is 3. The fraction of sp³-hybridized carbons (Fsp3) is 1.00. The smallest absolute Gasteiger partial charge is 0.0457 e. The first-order valence-corrected chi connectivity index (χ1v) is 16.5. The topological polar surface area (TPSA) is 39.3 Å². The van der Waals surface area contributed by atoms with Crippen molar-refractivity contribution < 1.29 is 0 Å². The van der Waals surface area contributed by atoms with Crippen LogP contribution in [0.15, 0.2) is 0 Å². The number of piperidine rings is 1. The quantitative estimate of drug-likeness (QED) is 0.117. The maximum Gasteiger partial charge on any atom is 0.0457 e. The lowest BCUT2D eigenvalue weighted by molar-refractivity contribution is 0.00474. The second-order valence-corrected chi connectivity index (χ2v) is 14.8. The Kier molecular flexibility index (Phi) is 12.8. The van der Waals surface area contributed by atoms with Gasteiger partial charge in [-0.3, -0.25) is 4.72 Å². The fourth-order valence-corrected chi connectivity index (χ4v) is 8.44. The molecule has 3 aliphatic rings. The molecule has 0 spiro atoms. The van der Waals surface area contributed by atoms with Crippen molar-refractivity contribution in [2.45, 2.75) is 95.9 Å². The van der Waals surface area contributed by atoms with Crippen LogP contribution in [-0.2, 0) is 0 Å². The molecule has 2 aliphatic carbocycles. The molecule has 1 heterocycles. The molecule has 1 aliphatic heterocycles. The van der Waals surface area contributed by atoms with E-state index in [1.54, 1.807) is 11.9 Å². The zero-order chi connectivity index (χ0) is 25.4.